The minimum absolute atomic E-state index is 0.110. The molecular formula is C31H30N8O2S. The van der Waals surface area contributed by atoms with Gasteiger partial charge in [-0.3, -0.25) is 18.8 Å². The third-order valence-electron chi connectivity index (χ3n) is 7.11. The predicted octanol–water partition coefficient (Wildman–Crippen LogP) is 3.93. The number of hydrogen-bond acceptors (Lipinski definition) is 7. The van der Waals surface area contributed by atoms with E-state index in [0.29, 0.717) is 47.7 Å². The highest BCUT2D eigenvalue weighted by Crippen LogP contribution is 2.35. The summed E-state index contributed by atoms with van der Waals surface area (Å²) in [5.74, 6) is 1.10. The van der Waals surface area contributed by atoms with Gasteiger partial charge in [0.1, 0.15) is 11.5 Å². The normalized spacial score (nSPS) is 11.4. The van der Waals surface area contributed by atoms with E-state index >= 15 is 0 Å². The topological polar surface area (TPSA) is 125 Å². The second kappa shape index (κ2) is 11.6. The number of nitrogens with one attached hydrogen (secondary N) is 1. The summed E-state index contributed by atoms with van der Waals surface area (Å²) in [4.78, 5) is 36.4. The van der Waals surface area contributed by atoms with Crippen LogP contribution in [-0.2, 0) is 25.9 Å². The summed E-state index contributed by atoms with van der Waals surface area (Å²) in [7, 11) is 1.89. The molecule has 2 aromatic carbocycles. The Kier molecular flexibility index (Phi) is 7.60. The number of nitrogens with zero attached hydrogens (tertiary/aromatic N) is 6. The second-order valence-electron chi connectivity index (χ2n) is 10.0. The number of amides is 1. The van der Waals surface area contributed by atoms with Crippen LogP contribution in [0.3, 0.4) is 0 Å². The Bertz CT molecular complexity index is 1990. The standard InChI is InChI=1S/C31H30N8O2S/c1-20-35-27-17-22(3-5-25(27)31(41)39(20)13-9-32)26-16-23(4-6-28(26)42-19-24-8-11-37(2)36-24)30(40)34-18-21-7-12-38-14-10-33-29(38)15-21/h3-8,10-12,14-17H,9,13,18-19,32H2,1-2H3,(H,34,40). The molecule has 0 fully saturated rings. The number of hydrogen-bond donors (Lipinski definition) is 2. The molecule has 1 amide bonds. The largest absolute Gasteiger partial charge is 0.348 e. The zero-order valence-electron chi connectivity index (χ0n) is 23.3. The highest BCUT2D eigenvalue weighted by Gasteiger charge is 2.15. The van der Waals surface area contributed by atoms with E-state index in [4.69, 9.17) is 10.7 Å². The van der Waals surface area contributed by atoms with Gasteiger partial charge in [-0.1, -0.05) is 6.07 Å². The van der Waals surface area contributed by atoms with E-state index in [-0.39, 0.29) is 11.5 Å². The Labute approximate surface area is 246 Å². The monoisotopic (exact) mass is 578 g/mol. The number of nitrogens with two attached hydrogens (primary N) is 1. The summed E-state index contributed by atoms with van der Waals surface area (Å²) in [6, 6.07) is 17.2. The van der Waals surface area contributed by atoms with Crippen LogP contribution in [0.15, 0.2) is 89.1 Å². The molecule has 3 N–H and O–H groups in total. The molecule has 0 bridgehead atoms. The minimum Gasteiger partial charge on any atom is -0.348 e. The summed E-state index contributed by atoms with van der Waals surface area (Å²) >= 11 is 1.64. The van der Waals surface area contributed by atoms with Gasteiger partial charge in [-0.05, 0) is 72.1 Å². The minimum atomic E-state index is -0.180. The van der Waals surface area contributed by atoms with Gasteiger partial charge in [0.2, 0.25) is 0 Å². The zero-order valence-corrected chi connectivity index (χ0v) is 24.1. The second-order valence-corrected chi connectivity index (χ2v) is 11.0. The third kappa shape index (κ3) is 5.56. The molecule has 0 unspecified atom stereocenters. The third-order valence-corrected chi connectivity index (χ3v) is 8.22. The van der Waals surface area contributed by atoms with Crippen LogP contribution in [0, 0.1) is 6.92 Å². The molecule has 10 nitrogen and oxygen atoms in total. The highest BCUT2D eigenvalue weighted by molar-refractivity contribution is 7.98. The van der Waals surface area contributed by atoms with Crippen LogP contribution in [0.4, 0.5) is 0 Å². The van der Waals surface area contributed by atoms with E-state index in [2.05, 4.69) is 15.4 Å². The molecule has 0 aliphatic rings. The number of aryl methyl sites for hydroxylation is 2. The van der Waals surface area contributed by atoms with Crippen molar-refractivity contribution in [3.05, 3.63) is 112 Å². The van der Waals surface area contributed by atoms with Gasteiger partial charge < -0.3 is 15.5 Å². The van der Waals surface area contributed by atoms with Gasteiger partial charge in [-0.25, -0.2) is 9.97 Å². The van der Waals surface area contributed by atoms with Crippen molar-refractivity contribution in [2.45, 2.75) is 30.7 Å². The van der Waals surface area contributed by atoms with E-state index in [9.17, 15) is 9.59 Å². The first-order valence-electron chi connectivity index (χ1n) is 13.6. The van der Waals surface area contributed by atoms with Crippen LogP contribution in [0.5, 0.6) is 0 Å². The quantitative estimate of drug-likeness (QED) is 0.249. The number of imidazole rings is 1. The number of carbonyl (C=O) groups excluding carboxylic acids is 1. The van der Waals surface area contributed by atoms with Crippen LogP contribution < -0.4 is 16.6 Å². The van der Waals surface area contributed by atoms with Crippen molar-refractivity contribution in [1.29, 1.82) is 0 Å². The van der Waals surface area contributed by atoms with Gasteiger partial charge in [-0.2, -0.15) is 5.10 Å². The van der Waals surface area contributed by atoms with Crippen LogP contribution in [0.25, 0.3) is 27.7 Å². The number of pyridine rings is 1. The summed E-state index contributed by atoms with van der Waals surface area (Å²) in [6.07, 6.45) is 7.47. The fraction of sp³-hybridized carbons (Fsp3) is 0.194. The lowest BCUT2D eigenvalue weighted by Crippen LogP contribution is -2.27. The number of rotatable bonds is 9. The number of thioether (sulfide) groups is 1. The molecule has 0 spiro atoms. The molecule has 0 atom stereocenters. The van der Waals surface area contributed by atoms with Crippen molar-refractivity contribution in [3.8, 4) is 11.1 Å². The van der Waals surface area contributed by atoms with Crippen molar-refractivity contribution in [1.82, 2.24) is 34.0 Å². The van der Waals surface area contributed by atoms with Crippen LogP contribution in [-0.4, -0.2) is 41.2 Å². The highest BCUT2D eigenvalue weighted by atomic mass is 32.2. The molecule has 0 saturated carbocycles. The maximum absolute atomic E-state index is 13.3. The molecule has 6 aromatic rings. The van der Waals surface area contributed by atoms with Gasteiger partial charge >= 0.3 is 0 Å². The van der Waals surface area contributed by atoms with Crippen LogP contribution in [0.2, 0.25) is 0 Å². The fourth-order valence-corrected chi connectivity index (χ4v) is 5.91. The van der Waals surface area contributed by atoms with E-state index < -0.39 is 0 Å². The van der Waals surface area contributed by atoms with Crippen molar-refractivity contribution in [3.63, 3.8) is 0 Å². The average molecular weight is 579 g/mol. The lowest BCUT2D eigenvalue weighted by atomic mass is 10.0. The van der Waals surface area contributed by atoms with E-state index in [1.165, 1.54) is 0 Å². The van der Waals surface area contributed by atoms with E-state index in [1.807, 2.05) is 85.5 Å². The van der Waals surface area contributed by atoms with E-state index in [0.717, 1.165) is 32.9 Å². The summed E-state index contributed by atoms with van der Waals surface area (Å²) in [5.41, 5.74) is 11.2. The van der Waals surface area contributed by atoms with Gasteiger partial charge in [0.15, 0.2) is 0 Å². The number of benzene rings is 2. The SMILES string of the molecule is Cc1nc2cc(-c3cc(C(=O)NCc4ccn5ccnc5c4)ccc3SCc3ccn(C)n3)ccc2c(=O)n1CCN. The lowest BCUT2D eigenvalue weighted by molar-refractivity contribution is 0.0951. The molecule has 212 valence electrons. The number of fused-ring (bicyclic) bond motifs is 2. The van der Waals surface area contributed by atoms with Gasteiger partial charge in [0, 0.05) is 67.7 Å². The van der Waals surface area contributed by atoms with E-state index in [1.54, 1.807) is 33.3 Å². The first-order chi connectivity index (χ1) is 20.4. The Balaban J connectivity index is 1.33. The Morgan fingerprint density at radius 3 is 2.74 bits per heavy atom. The molecule has 0 saturated heterocycles. The molecule has 0 radical (unpaired) electrons. The van der Waals surface area contributed by atoms with Crippen molar-refractivity contribution in [2.75, 3.05) is 6.54 Å². The molecule has 4 heterocycles. The maximum atomic E-state index is 13.3. The molecule has 42 heavy (non-hydrogen) atoms. The smallest absolute Gasteiger partial charge is 0.261 e. The predicted molar refractivity (Wildman–Crippen MR) is 164 cm³/mol. The van der Waals surface area contributed by atoms with Gasteiger partial charge in [-0.15, -0.1) is 11.8 Å². The Morgan fingerprint density at radius 1 is 1.05 bits per heavy atom. The summed E-state index contributed by atoms with van der Waals surface area (Å²) in [6.45, 7) is 2.96. The summed E-state index contributed by atoms with van der Waals surface area (Å²) in [5, 5.41) is 8.06. The number of carbonyl (C=O) groups is 1. The Hall–Kier alpha value is -4.74. The molecule has 6 rings (SSSR count). The lowest BCUT2D eigenvalue weighted by Gasteiger charge is -2.14. The van der Waals surface area contributed by atoms with Crippen molar-refractivity contribution < 1.29 is 4.79 Å². The molecule has 0 aliphatic carbocycles. The average Bonchev–Trinajstić information content (AvgIpc) is 3.64. The fourth-order valence-electron chi connectivity index (χ4n) is 4.95. The van der Waals surface area contributed by atoms with Crippen molar-refractivity contribution >= 4 is 34.2 Å². The molecular weight excluding hydrogens is 548 g/mol. The van der Waals surface area contributed by atoms with Crippen LogP contribution >= 0.6 is 11.8 Å². The first-order valence-corrected chi connectivity index (χ1v) is 14.5. The van der Waals surface area contributed by atoms with Crippen molar-refractivity contribution in [2.24, 2.45) is 12.8 Å². The molecule has 4 aromatic heterocycles. The zero-order chi connectivity index (χ0) is 29.2. The first kappa shape index (κ1) is 27.4. The van der Waals surface area contributed by atoms with Gasteiger partial charge in [0.25, 0.3) is 11.5 Å². The maximum Gasteiger partial charge on any atom is 0.261 e. The van der Waals surface area contributed by atoms with Crippen LogP contribution in [0.1, 0.15) is 27.4 Å². The molecule has 0 aliphatic heterocycles. The molecule has 11 heteroatoms. The van der Waals surface area contributed by atoms with Gasteiger partial charge in [0.05, 0.1) is 16.6 Å². The summed E-state index contributed by atoms with van der Waals surface area (Å²) < 4.78 is 5.31. The number of aromatic nitrogens is 6. The Morgan fingerprint density at radius 2 is 1.93 bits per heavy atom.